The predicted molar refractivity (Wildman–Crippen MR) is 46.7 cm³/mol. The zero-order valence-electron chi connectivity index (χ0n) is 7.91. The topological polar surface area (TPSA) is 59.9 Å². The minimum atomic E-state index is -3.12. The number of carbonyl (C=O) groups is 2. The van der Waals surface area contributed by atoms with E-state index in [-0.39, 0.29) is 5.69 Å². The second-order valence-corrected chi connectivity index (χ2v) is 2.86. The molecular formula is C9H8F2N2O2. The van der Waals surface area contributed by atoms with Gasteiger partial charge in [0.05, 0.1) is 12.1 Å². The van der Waals surface area contributed by atoms with E-state index in [1.54, 1.807) is 0 Å². The van der Waals surface area contributed by atoms with Gasteiger partial charge in [0.25, 0.3) is 6.43 Å². The molecule has 0 atom stereocenters. The molecule has 0 N–H and O–H groups in total. The Hall–Kier alpha value is -1.72. The van der Waals surface area contributed by atoms with E-state index < -0.39 is 24.4 Å². The van der Waals surface area contributed by atoms with Gasteiger partial charge in [-0.1, -0.05) is 0 Å². The minimum absolute atomic E-state index is 0.0356. The van der Waals surface area contributed by atoms with Crippen LogP contribution in [0.2, 0.25) is 0 Å². The summed E-state index contributed by atoms with van der Waals surface area (Å²) in [5.41, 5.74) is 0.288. The number of ketones is 2. The summed E-state index contributed by atoms with van der Waals surface area (Å²) in [5.74, 6) is -2.13. The summed E-state index contributed by atoms with van der Waals surface area (Å²) in [6, 6.07) is 0. The Kier molecular flexibility index (Phi) is 3.54. The summed E-state index contributed by atoms with van der Waals surface area (Å²) < 4.78 is 23.7. The fourth-order valence-electron chi connectivity index (χ4n) is 1.00. The molecule has 4 nitrogen and oxygen atoms in total. The van der Waals surface area contributed by atoms with Gasteiger partial charge in [-0.2, -0.15) is 0 Å². The van der Waals surface area contributed by atoms with E-state index in [1.165, 1.54) is 19.3 Å². The van der Waals surface area contributed by atoms with Gasteiger partial charge in [0.2, 0.25) is 5.78 Å². The third-order valence-electron chi connectivity index (χ3n) is 1.72. The lowest BCUT2D eigenvalue weighted by atomic mass is 10.1. The number of hydrogen-bond donors (Lipinski definition) is 0. The van der Waals surface area contributed by atoms with Gasteiger partial charge in [-0.3, -0.25) is 14.6 Å². The van der Waals surface area contributed by atoms with Crippen LogP contribution in [0.4, 0.5) is 8.78 Å². The summed E-state index contributed by atoms with van der Waals surface area (Å²) in [7, 11) is 0. The predicted octanol–water partition coefficient (Wildman–Crippen LogP) is 1.19. The Morgan fingerprint density at radius 1 is 1.33 bits per heavy atom. The first kappa shape index (κ1) is 11.4. The van der Waals surface area contributed by atoms with Gasteiger partial charge in [0.1, 0.15) is 5.69 Å². The van der Waals surface area contributed by atoms with Crippen LogP contribution >= 0.6 is 0 Å². The Morgan fingerprint density at radius 3 is 2.47 bits per heavy atom. The molecule has 0 amide bonds. The summed E-state index contributed by atoms with van der Waals surface area (Å²) in [6.45, 7) is 1.52. The van der Waals surface area contributed by atoms with Crippen LogP contribution in [0.5, 0.6) is 0 Å². The monoisotopic (exact) mass is 214 g/mol. The Labute approximate surface area is 84.3 Å². The van der Waals surface area contributed by atoms with Crippen molar-refractivity contribution in [3.63, 3.8) is 0 Å². The van der Waals surface area contributed by atoms with Crippen LogP contribution in [0.25, 0.3) is 0 Å². The highest BCUT2D eigenvalue weighted by Crippen LogP contribution is 2.07. The molecular weight excluding hydrogens is 206 g/mol. The van der Waals surface area contributed by atoms with Crippen LogP contribution in [0.1, 0.15) is 22.6 Å². The molecule has 0 aromatic carbocycles. The smallest absolute Gasteiger partial charge is 0.293 e. The van der Waals surface area contributed by atoms with Crippen molar-refractivity contribution in [1.29, 1.82) is 0 Å². The molecule has 0 bridgehead atoms. The molecule has 0 radical (unpaired) electrons. The van der Waals surface area contributed by atoms with Crippen molar-refractivity contribution < 1.29 is 18.4 Å². The second-order valence-electron chi connectivity index (χ2n) is 2.86. The van der Waals surface area contributed by atoms with Crippen LogP contribution in [0.3, 0.4) is 0 Å². The molecule has 15 heavy (non-hydrogen) atoms. The molecule has 0 aliphatic rings. The fraction of sp³-hybridized carbons (Fsp3) is 0.333. The summed E-state index contributed by atoms with van der Waals surface area (Å²) in [6.07, 6.45) is -1.31. The third-order valence-corrected chi connectivity index (χ3v) is 1.72. The summed E-state index contributed by atoms with van der Waals surface area (Å²) in [4.78, 5) is 29.4. The highest BCUT2D eigenvalue weighted by molar-refractivity contribution is 6.08. The Morgan fingerprint density at radius 2 is 1.93 bits per heavy atom. The first-order valence-electron chi connectivity index (χ1n) is 4.14. The number of carbonyl (C=O) groups excluding carboxylic acids is 2. The number of aryl methyl sites for hydroxylation is 1. The van der Waals surface area contributed by atoms with Crippen LogP contribution in [0.15, 0.2) is 12.4 Å². The second kappa shape index (κ2) is 4.68. The zero-order chi connectivity index (χ0) is 11.4. The Bertz CT molecular complexity index is 393. The highest BCUT2D eigenvalue weighted by Gasteiger charge is 2.21. The van der Waals surface area contributed by atoms with Gasteiger partial charge < -0.3 is 0 Å². The molecule has 1 heterocycles. The number of aromatic nitrogens is 2. The molecule has 6 heteroatoms. The fourth-order valence-corrected chi connectivity index (χ4v) is 1.00. The van der Waals surface area contributed by atoms with E-state index >= 15 is 0 Å². The van der Waals surface area contributed by atoms with Crippen molar-refractivity contribution in [3.05, 3.63) is 23.8 Å². The number of halogens is 2. The van der Waals surface area contributed by atoms with Crippen molar-refractivity contribution in [3.8, 4) is 0 Å². The van der Waals surface area contributed by atoms with Crippen LogP contribution < -0.4 is 0 Å². The molecule has 0 saturated heterocycles. The average Bonchev–Trinajstić information content (AvgIpc) is 2.18. The first-order valence-corrected chi connectivity index (χ1v) is 4.14. The average molecular weight is 214 g/mol. The molecule has 1 rings (SSSR count). The molecule has 0 fully saturated rings. The van der Waals surface area contributed by atoms with Crippen LogP contribution in [0, 0.1) is 6.92 Å². The third kappa shape index (κ3) is 2.87. The number of rotatable bonds is 4. The maximum atomic E-state index is 11.9. The van der Waals surface area contributed by atoms with E-state index in [4.69, 9.17) is 0 Å². The highest BCUT2D eigenvalue weighted by atomic mass is 19.3. The largest absolute Gasteiger partial charge is 0.296 e. The standard InChI is InChI=1S/C9H8F2N2O2/c1-5-8(13-3-2-12-5)6(14)4-7(15)9(10)11/h2-3,9H,4H2,1H3. The SMILES string of the molecule is Cc1nccnc1C(=O)CC(=O)C(F)F. The quantitative estimate of drug-likeness (QED) is 0.558. The molecule has 0 spiro atoms. The van der Waals surface area contributed by atoms with Gasteiger partial charge in [-0.25, -0.2) is 13.8 Å². The minimum Gasteiger partial charge on any atom is -0.293 e. The molecule has 0 aliphatic carbocycles. The van der Waals surface area contributed by atoms with E-state index in [2.05, 4.69) is 9.97 Å². The van der Waals surface area contributed by atoms with E-state index in [0.29, 0.717) is 5.69 Å². The van der Waals surface area contributed by atoms with Gasteiger partial charge in [0, 0.05) is 12.4 Å². The maximum Gasteiger partial charge on any atom is 0.296 e. The lowest BCUT2D eigenvalue weighted by Crippen LogP contribution is -2.17. The van der Waals surface area contributed by atoms with Crippen molar-refractivity contribution in [2.24, 2.45) is 0 Å². The number of hydrogen-bond acceptors (Lipinski definition) is 4. The lowest BCUT2D eigenvalue weighted by Gasteiger charge is -2.01. The van der Waals surface area contributed by atoms with Gasteiger partial charge in [-0.05, 0) is 6.92 Å². The van der Waals surface area contributed by atoms with Gasteiger partial charge in [-0.15, -0.1) is 0 Å². The zero-order valence-corrected chi connectivity index (χ0v) is 7.91. The summed E-state index contributed by atoms with van der Waals surface area (Å²) in [5, 5.41) is 0. The van der Waals surface area contributed by atoms with Gasteiger partial charge >= 0.3 is 0 Å². The van der Waals surface area contributed by atoms with Crippen LogP contribution in [-0.4, -0.2) is 28.0 Å². The first-order chi connectivity index (χ1) is 7.02. The number of alkyl halides is 2. The Balaban J connectivity index is 2.79. The molecule has 1 aromatic heterocycles. The van der Waals surface area contributed by atoms with Gasteiger partial charge in [0.15, 0.2) is 5.78 Å². The molecule has 0 aliphatic heterocycles. The van der Waals surface area contributed by atoms with Crippen LogP contribution in [-0.2, 0) is 4.79 Å². The van der Waals surface area contributed by atoms with E-state index in [0.717, 1.165) is 0 Å². The molecule has 0 saturated carbocycles. The maximum absolute atomic E-state index is 11.9. The van der Waals surface area contributed by atoms with Crippen molar-refractivity contribution >= 4 is 11.6 Å². The number of Topliss-reactive ketones (excluding diaryl/α,β-unsaturated/α-hetero) is 2. The van der Waals surface area contributed by atoms with E-state index in [1.807, 2.05) is 0 Å². The molecule has 80 valence electrons. The van der Waals surface area contributed by atoms with E-state index in [9.17, 15) is 18.4 Å². The molecule has 0 unspecified atom stereocenters. The van der Waals surface area contributed by atoms with Crippen molar-refractivity contribution in [2.75, 3.05) is 0 Å². The van der Waals surface area contributed by atoms with Crippen molar-refractivity contribution in [1.82, 2.24) is 9.97 Å². The summed E-state index contributed by atoms with van der Waals surface area (Å²) >= 11 is 0. The molecule has 1 aromatic rings. The number of nitrogens with zero attached hydrogens (tertiary/aromatic N) is 2. The lowest BCUT2D eigenvalue weighted by molar-refractivity contribution is -0.128. The normalized spacial score (nSPS) is 10.4. The van der Waals surface area contributed by atoms with Crippen molar-refractivity contribution in [2.45, 2.75) is 19.8 Å².